The topological polar surface area (TPSA) is 6.48 Å². The highest BCUT2D eigenvalue weighted by Gasteiger charge is 2.47. The number of anilines is 6. The molecule has 72 heavy (non-hydrogen) atoms. The first-order chi connectivity index (χ1) is 33.4. The van der Waals surface area contributed by atoms with Gasteiger partial charge >= 0.3 is 18.5 Å². The Balaban J connectivity index is 1.67. The van der Waals surface area contributed by atoms with Gasteiger partial charge < -0.3 is 4.90 Å². The van der Waals surface area contributed by atoms with Crippen LogP contribution in [0.25, 0.3) is 27.8 Å². The van der Waals surface area contributed by atoms with Crippen LogP contribution >= 0.6 is 0 Å². The van der Waals surface area contributed by atoms with E-state index in [0.717, 1.165) is 18.2 Å². The lowest BCUT2D eigenvalue weighted by Gasteiger charge is -2.33. The normalized spacial score (nSPS) is 12.2. The van der Waals surface area contributed by atoms with Crippen molar-refractivity contribution < 1.29 is 96.6 Å². The molecule has 0 aromatic heterocycles. The number of rotatable bonds is 9. The van der Waals surface area contributed by atoms with Gasteiger partial charge in [0.25, 0.3) is 0 Å². The zero-order valence-corrected chi connectivity index (χ0v) is 35.1. The van der Waals surface area contributed by atoms with E-state index in [9.17, 15) is 39.5 Å². The fraction of sp³-hybridized carbons (Fsp3) is 0.0833. The fourth-order valence-corrected chi connectivity index (χ4v) is 7.58. The molecule has 0 unspecified atom stereocenters. The maximum Gasteiger partial charge on any atom is 0.422 e. The Kier molecular flexibility index (Phi) is 13.4. The number of allylic oxidation sites excluding steroid dienone is 1. The van der Waals surface area contributed by atoms with Crippen molar-refractivity contribution in [1.29, 1.82) is 0 Å². The predicted octanol–water partition coefficient (Wildman–Crippen LogP) is 17.9. The Morgan fingerprint density at radius 1 is 0.375 bits per heavy atom. The highest BCUT2D eigenvalue weighted by molar-refractivity contribution is 5.93. The molecule has 0 aliphatic heterocycles. The molecular weight excluding hydrogens is 1020 g/mol. The van der Waals surface area contributed by atoms with Gasteiger partial charge in [-0.3, -0.25) is 4.90 Å². The number of halogens is 22. The minimum absolute atomic E-state index is 0.0577. The molecule has 0 heterocycles. The maximum absolute atomic E-state index is 17.5. The molecule has 0 amide bonds. The van der Waals surface area contributed by atoms with Crippen LogP contribution in [-0.4, -0.2) is 0 Å². The molecule has 0 fully saturated rings. The van der Waals surface area contributed by atoms with E-state index in [1.165, 1.54) is 54.6 Å². The van der Waals surface area contributed by atoms with E-state index < -0.39 is 167 Å². The van der Waals surface area contributed by atoms with Crippen molar-refractivity contribution in [1.82, 2.24) is 0 Å². The third-order valence-electron chi connectivity index (χ3n) is 10.7. The van der Waals surface area contributed by atoms with Crippen LogP contribution in [0.15, 0.2) is 97.6 Å². The SMILES string of the molecule is C=C(C)c1cc(N(c2cc(F)c(C(F)(F)F)c(F)c2F)c2c(F)c(F)c(C(F)(F)F)c(F)c2F)c(F)c(F)c1N(c1ccc(-c2ccccc2)c(-c2ccccc2)c1)c1c(F)c(F)c(C(F)(F)F)c(F)c1F. The number of hydrogen-bond donors (Lipinski definition) is 0. The van der Waals surface area contributed by atoms with Crippen LogP contribution in [0.3, 0.4) is 0 Å². The van der Waals surface area contributed by atoms with Gasteiger partial charge in [-0.25, -0.2) is 57.1 Å². The van der Waals surface area contributed by atoms with Crippen molar-refractivity contribution >= 4 is 39.7 Å². The Labute approximate surface area is 388 Å². The molecule has 24 heteroatoms. The summed E-state index contributed by atoms with van der Waals surface area (Å²) in [6.07, 6.45) is -18.8. The fourth-order valence-electron chi connectivity index (χ4n) is 7.58. The van der Waals surface area contributed by atoms with Crippen molar-refractivity contribution in [2.24, 2.45) is 0 Å². The van der Waals surface area contributed by atoms with Crippen LogP contribution in [0.1, 0.15) is 29.2 Å². The second kappa shape index (κ2) is 18.5. The first kappa shape index (κ1) is 52.2. The molecule has 2 nitrogen and oxygen atoms in total. The molecule has 0 N–H and O–H groups in total. The molecule has 0 aliphatic rings. The monoisotopic (exact) mass is 1040 g/mol. The van der Waals surface area contributed by atoms with Gasteiger partial charge in [-0.15, -0.1) is 0 Å². The summed E-state index contributed by atoms with van der Waals surface area (Å²) >= 11 is 0. The van der Waals surface area contributed by atoms with Gasteiger partial charge in [0, 0.05) is 17.3 Å². The van der Waals surface area contributed by atoms with Gasteiger partial charge in [0.2, 0.25) is 0 Å². The highest BCUT2D eigenvalue weighted by atomic mass is 19.4. The molecule has 376 valence electrons. The number of hydrogen-bond acceptors (Lipinski definition) is 2. The molecule has 7 aromatic rings. The molecule has 0 atom stereocenters. The van der Waals surface area contributed by atoms with Crippen LogP contribution in [0.5, 0.6) is 0 Å². The van der Waals surface area contributed by atoms with Crippen LogP contribution in [0.4, 0.5) is 131 Å². The Morgan fingerprint density at radius 2 is 0.736 bits per heavy atom. The quantitative estimate of drug-likeness (QED) is 0.105. The van der Waals surface area contributed by atoms with Gasteiger partial charge in [-0.1, -0.05) is 73.3 Å². The van der Waals surface area contributed by atoms with E-state index in [2.05, 4.69) is 6.58 Å². The lowest BCUT2D eigenvalue weighted by atomic mass is 9.93. The summed E-state index contributed by atoms with van der Waals surface area (Å²) in [5.74, 6) is -41.5. The van der Waals surface area contributed by atoms with Crippen LogP contribution in [-0.2, 0) is 18.5 Å². The third kappa shape index (κ3) is 8.79. The number of nitrogens with zero attached hydrogens (tertiary/aromatic N) is 2. The summed E-state index contributed by atoms with van der Waals surface area (Å²) in [5.41, 5.74) is -24.2. The molecule has 0 spiro atoms. The van der Waals surface area contributed by atoms with Gasteiger partial charge in [0.15, 0.2) is 69.8 Å². The summed E-state index contributed by atoms with van der Waals surface area (Å²) in [4.78, 5) is -1.50. The van der Waals surface area contributed by atoms with Crippen LogP contribution in [0.2, 0.25) is 0 Å². The smallest absolute Gasteiger partial charge is 0.302 e. The van der Waals surface area contributed by atoms with E-state index >= 15 is 57.1 Å². The van der Waals surface area contributed by atoms with Gasteiger partial charge in [-0.05, 0) is 52.9 Å². The summed E-state index contributed by atoms with van der Waals surface area (Å²) in [7, 11) is 0. The first-order valence-corrected chi connectivity index (χ1v) is 19.6. The van der Waals surface area contributed by atoms with Gasteiger partial charge in [0.05, 0.1) is 17.1 Å². The van der Waals surface area contributed by atoms with Crippen LogP contribution in [0, 0.1) is 75.6 Å². The van der Waals surface area contributed by atoms with E-state index in [0.29, 0.717) is 12.5 Å². The Bertz CT molecular complexity index is 3270. The van der Waals surface area contributed by atoms with Gasteiger partial charge in [0.1, 0.15) is 33.9 Å². The van der Waals surface area contributed by atoms with E-state index in [1.54, 1.807) is 6.07 Å². The van der Waals surface area contributed by atoms with Crippen molar-refractivity contribution in [2.75, 3.05) is 9.80 Å². The van der Waals surface area contributed by atoms with Gasteiger partial charge in [-0.2, -0.15) is 39.5 Å². The second-order valence-corrected chi connectivity index (χ2v) is 15.2. The first-order valence-electron chi connectivity index (χ1n) is 19.6. The van der Waals surface area contributed by atoms with Crippen molar-refractivity contribution in [3.63, 3.8) is 0 Å². The summed E-state index contributed by atoms with van der Waals surface area (Å²) in [6, 6.07) is 16.4. The molecule has 0 aliphatic carbocycles. The minimum Gasteiger partial charge on any atom is -0.302 e. The standard InChI is InChI=1S/C48H20F22N2/c1-18(2)23-16-26(72(27-17-25(49)28(46(62,63)64)33(52)31(27)50)45-41(60)36(55)30(48(68,69)70)37(56)42(45)61)32(51)38(57)43(23)71(44-39(58)34(53)29(47(65,66)67)35(54)40(44)59)21-13-14-22(19-9-5-3-6-10-19)24(15-21)20-11-7-4-8-12-20/h3-17H,1H2,2H3. The number of alkyl halides is 9. The average Bonchev–Trinajstić information content (AvgIpc) is 3.29. The van der Waals surface area contributed by atoms with Crippen molar-refractivity contribution in [3.8, 4) is 22.3 Å². The molecule has 0 radical (unpaired) electrons. The van der Waals surface area contributed by atoms with E-state index in [1.807, 2.05) is 0 Å². The zero-order chi connectivity index (χ0) is 53.4. The van der Waals surface area contributed by atoms with E-state index in [4.69, 9.17) is 0 Å². The molecule has 0 saturated heterocycles. The minimum atomic E-state index is -6.37. The molecule has 0 bridgehead atoms. The zero-order valence-electron chi connectivity index (χ0n) is 35.1. The summed E-state index contributed by atoms with van der Waals surface area (Å²) < 4.78 is 331. The molecule has 0 saturated carbocycles. The molecule has 7 rings (SSSR count). The predicted molar refractivity (Wildman–Crippen MR) is 216 cm³/mol. The Morgan fingerprint density at radius 3 is 1.15 bits per heavy atom. The molecule has 7 aromatic carbocycles. The van der Waals surface area contributed by atoms with Crippen molar-refractivity contribution in [3.05, 3.63) is 195 Å². The lowest BCUT2D eigenvalue weighted by molar-refractivity contribution is -0.144. The highest BCUT2D eigenvalue weighted by Crippen LogP contribution is 2.53. The lowest BCUT2D eigenvalue weighted by Crippen LogP contribution is -2.25. The summed E-state index contributed by atoms with van der Waals surface area (Å²) in [6.45, 7) is 4.09. The van der Waals surface area contributed by atoms with Crippen molar-refractivity contribution in [2.45, 2.75) is 25.5 Å². The molecular formula is C48H20F22N2. The maximum atomic E-state index is 17.5. The largest absolute Gasteiger partial charge is 0.422 e. The summed E-state index contributed by atoms with van der Waals surface area (Å²) in [5, 5.41) is 0. The Hall–Kier alpha value is -7.66. The number of benzene rings is 7. The van der Waals surface area contributed by atoms with E-state index in [-0.39, 0.29) is 27.7 Å². The van der Waals surface area contributed by atoms with Crippen LogP contribution < -0.4 is 9.80 Å². The third-order valence-corrected chi connectivity index (χ3v) is 10.7. The second-order valence-electron chi connectivity index (χ2n) is 15.2. The average molecular weight is 1040 g/mol.